The highest BCUT2D eigenvalue weighted by Crippen LogP contribution is 2.18. The van der Waals surface area contributed by atoms with Gasteiger partial charge in [-0.15, -0.1) is 0 Å². The first-order chi connectivity index (χ1) is 11.3. The lowest BCUT2D eigenvalue weighted by atomic mass is 10.1. The van der Waals surface area contributed by atoms with Crippen LogP contribution in [0.1, 0.15) is 17.3 Å². The molecule has 1 aliphatic heterocycles. The van der Waals surface area contributed by atoms with Gasteiger partial charge in [-0.2, -0.15) is 4.31 Å². The zero-order valence-corrected chi connectivity index (χ0v) is 14.1. The Balaban J connectivity index is 2.13. The molecule has 24 heavy (non-hydrogen) atoms. The van der Waals surface area contributed by atoms with Crippen molar-refractivity contribution in [2.24, 2.45) is 5.92 Å². The molecule has 2 N–H and O–H groups in total. The molecule has 1 aliphatic rings. The maximum Gasteiger partial charge on any atom is 0.308 e. The summed E-state index contributed by atoms with van der Waals surface area (Å²) in [5.41, 5.74) is 0.168. The lowest BCUT2D eigenvalue weighted by molar-refractivity contribution is -0.140. The first kappa shape index (κ1) is 18.4. The number of amides is 1. The number of carbonyl (C=O) groups excluding carboxylic acids is 1. The number of benzene rings is 1. The van der Waals surface area contributed by atoms with E-state index in [4.69, 9.17) is 9.84 Å². The Morgan fingerprint density at radius 2 is 2.00 bits per heavy atom. The van der Waals surface area contributed by atoms with Crippen LogP contribution >= 0.6 is 0 Å². The highest BCUT2D eigenvalue weighted by Gasteiger charge is 2.27. The van der Waals surface area contributed by atoms with Crippen molar-refractivity contribution in [3.8, 4) is 0 Å². The van der Waals surface area contributed by atoms with Gasteiger partial charge in [0.15, 0.2) is 0 Å². The number of hydrogen-bond donors (Lipinski definition) is 2. The Morgan fingerprint density at radius 1 is 1.33 bits per heavy atom. The molecule has 1 atom stereocenters. The number of nitrogens with zero attached hydrogens (tertiary/aromatic N) is 1. The fourth-order valence-electron chi connectivity index (χ4n) is 2.17. The third kappa shape index (κ3) is 4.31. The zero-order valence-electron chi connectivity index (χ0n) is 13.3. The van der Waals surface area contributed by atoms with Crippen LogP contribution in [0.3, 0.4) is 0 Å². The van der Waals surface area contributed by atoms with Crippen LogP contribution in [0.5, 0.6) is 0 Å². The molecule has 1 aromatic carbocycles. The van der Waals surface area contributed by atoms with Gasteiger partial charge < -0.3 is 15.2 Å². The summed E-state index contributed by atoms with van der Waals surface area (Å²) in [5, 5.41) is 11.3. The molecule has 9 heteroatoms. The molecule has 1 fully saturated rings. The number of morpholine rings is 1. The fourth-order valence-corrected chi connectivity index (χ4v) is 3.62. The molecule has 8 nitrogen and oxygen atoms in total. The van der Waals surface area contributed by atoms with Crippen LogP contribution in [0.4, 0.5) is 0 Å². The van der Waals surface area contributed by atoms with E-state index in [0.29, 0.717) is 13.2 Å². The van der Waals surface area contributed by atoms with Gasteiger partial charge in [-0.25, -0.2) is 8.42 Å². The predicted octanol–water partition coefficient (Wildman–Crippen LogP) is 0.158. The van der Waals surface area contributed by atoms with E-state index in [2.05, 4.69) is 5.32 Å². The number of carboxylic acid groups (broad SMARTS) is 1. The number of aliphatic carboxylic acids is 1. The SMILES string of the molecule is CC(CNC(=O)c1cccc(S(=O)(=O)N2CCOCC2)c1)C(=O)O. The van der Waals surface area contributed by atoms with Crippen LogP contribution in [0.25, 0.3) is 0 Å². The second-order valence-corrected chi connectivity index (χ2v) is 7.43. The highest BCUT2D eigenvalue weighted by atomic mass is 32.2. The molecule has 1 amide bonds. The molecule has 0 radical (unpaired) electrons. The second kappa shape index (κ2) is 7.73. The van der Waals surface area contributed by atoms with E-state index in [1.54, 1.807) is 0 Å². The number of rotatable bonds is 6. The Bertz CT molecular complexity index is 712. The lowest BCUT2D eigenvalue weighted by Crippen LogP contribution is -2.40. The number of sulfonamides is 1. The minimum Gasteiger partial charge on any atom is -0.481 e. The molecule has 0 saturated carbocycles. The molecule has 1 saturated heterocycles. The molecule has 1 unspecified atom stereocenters. The molecule has 0 bridgehead atoms. The van der Waals surface area contributed by atoms with Gasteiger partial charge >= 0.3 is 5.97 Å². The third-order valence-electron chi connectivity index (χ3n) is 3.69. The Morgan fingerprint density at radius 3 is 2.62 bits per heavy atom. The summed E-state index contributed by atoms with van der Waals surface area (Å²) in [7, 11) is -3.68. The summed E-state index contributed by atoms with van der Waals surface area (Å²) >= 11 is 0. The number of carboxylic acids is 1. The first-order valence-corrected chi connectivity index (χ1v) is 8.95. The van der Waals surface area contributed by atoms with Crippen molar-refractivity contribution >= 4 is 21.9 Å². The normalized spacial score (nSPS) is 17.2. The maximum absolute atomic E-state index is 12.6. The standard InChI is InChI=1S/C15H20N2O6S/c1-11(15(19)20)10-16-14(18)12-3-2-4-13(9-12)24(21,22)17-5-7-23-8-6-17/h2-4,9,11H,5-8,10H2,1H3,(H,16,18)(H,19,20). The highest BCUT2D eigenvalue weighted by molar-refractivity contribution is 7.89. The van der Waals surface area contributed by atoms with Gasteiger partial charge in [0.2, 0.25) is 10.0 Å². The molecule has 2 rings (SSSR count). The van der Waals surface area contributed by atoms with Crippen molar-refractivity contribution in [1.29, 1.82) is 0 Å². The van der Waals surface area contributed by atoms with Crippen LogP contribution < -0.4 is 5.32 Å². The molecule has 1 heterocycles. The quantitative estimate of drug-likeness (QED) is 0.751. The van der Waals surface area contributed by atoms with Gasteiger partial charge in [-0.3, -0.25) is 9.59 Å². The smallest absolute Gasteiger partial charge is 0.308 e. The third-order valence-corrected chi connectivity index (χ3v) is 5.59. The van der Waals surface area contributed by atoms with Gasteiger partial charge in [-0.05, 0) is 18.2 Å². The summed E-state index contributed by atoms with van der Waals surface area (Å²) in [4.78, 5) is 22.9. The van der Waals surface area contributed by atoms with Gasteiger partial charge in [-0.1, -0.05) is 13.0 Å². The van der Waals surface area contributed by atoms with Crippen molar-refractivity contribution in [2.75, 3.05) is 32.8 Å². The minimum atomic E-state index is -3.68. The largest absolute Gasteiger partial charge is 0.481 e. The van der Waals surface area contributed by atoms with Crippen LogP contribution in [0.15, 0.2) is 29.2 Å². The van der Waals surface area contributed by atoms with E-state index in [1.165, 1.54) is 35.5 Å². The van der Waals surface area contributed by atoms with E-state index < -0.39 is 27.8 Å². The molecule has 0 aromatic heterocycles. The number of carbonyl (C=O) groups is 2. The van der Waals surface area contributed by atoms with Crippen LogP contribution in [-0.4, -0.2) is 62.6 Å². The van der Waals surface area contributed by atoms with Crippen LogP contribution in [0.2, 0.25) is 0 Å². The second-order valence-electron chi connectivity index (χ2n) is 5.49. The Labute approximate surface area is 140 Å². The minimum absolute atomic E-state index is 0.0309. The molecular weight excluding hydrogens is 336 g/mol. The Hall–Kier alpha value is -1.97. The summed E-state index contributed by atoms with van der Waals surface area (Å²) in [6, 6.07) is 5.70. The molecule has 0 spiro atoms. The van der Waals surface area contributed by atoms with E-state index in [0.717, 1.165) is 0 Å². The molecule has 132 valence electrons. The predicted molar refractivity (Wildman–Crippen MR) is 85.2 cm³/mol. The summed E-state index contributed by atoms with van der Waals surface area (Å²) in [6.45, 7) is 2.67. The van der Waals surface area contributed by atoms with Crippen molar-refractivity contribution in [3.63, 3.8) is 0 Å². The summed E-state index contributed by atoms with van der Waals surface area (Å²) in [5.74, 6) is -2.25. The Kier molecular flexibility index (Phi) is 5.92. The van der Waals surface area contributed by atoms with E-state index in [1.807, 2.05) is 0 Å². The fraction of sp³-hybridized carbons (Fsp3) is 0.467. The van der Waals surface area contributed by atoms with E-state index in [9.17, 15) is 18.0 Å². The van der Waals surface area contributed by atoms with E-state index in [-0.39, 0.29) is 30.1 Å². The molecular formula is C15H20N2O6S. The van der Waals surface area contributed by atoms with E-state index >= 15 is 0 Å². The van der Waals surface area contributed by atoms with Crippen LogP contribution in [-0.2, 0) is 19.6 Å². The molecule has 1 aromatic rings. The number of hydrogen-bond acceptors (Lipinski definition) is 5. The zero-order chi connectivity index (χ0) is 17.7. The molecule has 0 aliphatic carbocycles. The average Bonchev–Trinajstić information content (AvgIpc) is 2.60. The topological polar surface area (TPSA) is 113 Å². The van der Waals surface area contributed by atoms with Crippen molar-refractivity contribution in [2.45, 2.75) is 11.8 Å². The van der Waals surface area contributed by atoms with Gasteiger partial charge in [0.1, 0.15) is 0 Å². The van der Waals surface area contributed by atoms with Gasteiger partial charge in [0.05, 0.1) is 24.0 Å². The van der Waals surface area contributed by atoms with Gasteiger partial charge in [0.25, 0.3) is 5.91 Å². The summed E-state index contributed by atoms with van der Waals surface area (Å²) in [6.07, 6.45) is 0. The monoisotopic (exact) mass is 356 g/mol. The van der Waals surface area contributed by atoms with Gasteiger partial charge in [0, 0.05) is 25.2 Å². The number of nitrogens with one attached hydrogen (secondary N) is 1. The lowest BCUT2D eigenvalue weighted by Gasteiger charge is -2.26. The van der Waals surface area contributed by atoms with Crippen molar-refractivity contribution in [3.05, 3.63) is 29.8 Å². The summed E-state index contributed by atoms with van der Waals surface area (Å²) < 4.78 is 31.6. The first-order valence-electron chi connectivity index (χ1n) is 7.51. The van der Waals surface area contributed by atoms with Crippen molar-refractivity contribution in [1.82, 2.24) is 9.62 Å². The average molecular weight is 356 g/mol. The van der Waals surface area contributed by atoms with Crippen LogP contribution in [0, 0.1) is 5.92 Å². The maximum atomic E-state index is 12.6. The number of ether oxygens (including phenoxy) is 1. The van der Waals surface area contributed by atoms with Crippen molar-refractivity contribution < 1.29 is 27.9 Å².